The van der Waals surface area contributed by atoms with Crippen molar-refractivity contribution in [3.63, 3.8) is 0 Å². The van der Waals surface area contributed by atoms with E-state index in [0.29, 0.717) is 5.56 Å². The van der Waals surface area contributed by atoms with Crippen molar-refractivity contribution in [2.45, 2.75) is 0 Å². The molecule has 0 aliphatic heterocycles. The van der Waals surface area contributed by atoms with Crippen LogP contribution in [0.15, 0.2) is 145 Å². The molecule has 0 bridgehead atoms. The van der Waals surface area contributed by atoms with Crippen LogP contribution in [0.1, 0.15) is 9.60 Å². The van der Waals surface area contributed by atoms with Gasteiger partial charge in [0.2, 0.25) is 0 Å². The zero-order valence-electron chi connectivity index (χ0n) is 26.3. The Balaban J connectivity index is 1.69. The third-order valence-corrected chi connectivity index (χ3v) is 6.75. The highest BCUT2D eigenvalue weighted by molar-refractivity contribution is 6.22. The molecule has 0 nitrogen and oxygen atoms in total. The molecule has 7 rings (SSSR count). The summed E-state index contributed by atoms with van der Waals surface area (Å²) < 4.78 is 59.8. The standard InChI is InChI=1S/C36H24/c1-3-13-26(14-4-1)35-31-19-9-10-20-32(31)36(27-15-5-2-6-16-27)34-24-28(22-23-33(34)35)30-21-11-17-25-12-7-8-18-29(25)30/h1-24H/i7D,8D,11D,12D,17D,18D,21D. The summed E-state index contributed by atoms with van der Waals surface area (Å²) in [6, 6.07) is 31.8. The number of hydrogen-bond donors (Lipinski definition) is 0. The second-order valence-corrected chi connectivity index (χ2v) is 8.79. The Kier molecular flexibility index (Phi) is 3.47. The minimum Gasteiger partial charge on any atom is -0.0622 e. The van der Waals surface area contributed by atoms with Gasteiger partial charge in [0.1, 0.15) is 0 Å². The minimum absolute atomic E-state index is 0.0473. The normalized spacial score (nSPS) is 14.1. The fraction of sp³-hybridized carbons (Fsp3) is 0. The van der Waals surface area contributed by atoms with E-state index >= 15 is 0 Å². The summed E-state index contributed by atoms with van der Waals surface area (Å²) in [7, 11) is 0. The van der Waals surface area contributed by atoms with Crippen molar-refractivity contribution in [2.24, 2.45) is 0 Å². The average molecular weight is 464 g/mol. The molecule has 168 valence electrons. The molecular weight excluding hydrogens is 432 g/mol. The fourth-order valence-corrected chi connectivity index (χ4v) is 5.19. The maximum Gasteiger partial charge on any atom is 0.0629 e. The van der Waals surface area contributed by atoms with Crippen LogP contribution in [0, 0.1) is 0 Å². The van der Waals surface area contributed by atoms with Gasteiger partial charge in [0.15, 0.2) is 0 Å². The zero-order valence-corrected chi connectivity index (χ0v) is 19.3. The van der Waals surface area contributed by atoms with Crippen molar-refractivity contribution >= 4 is 32.3 Å². The van der Waals surface area contributed by atoms with Crippen LogP contribution in [-0.2, 0) is 0 Å². The highest BCUT2D eigenvalue weighted by Gasteiger charge is 2.17. The summed E-state index contributed by atoms with van der Waals surface area (Å²) >= 11 is 0. The molecule has 0 aliphatic carbocycles. The van der Waals surface area contributed by atoms with Crippen molar-refractivity contribution in [1.82, 2.24) is 0 Å². The number of benzene rings is 7. The Morgan fingerprint density at radius 1 is 0.389 bits per heavy atom. The van der Waals surface area contributed by atoms with Crippen LogP contribution < -0.4 is 0 Å². The molecule has 0 heterocycles. The average Bonchev–Trinajstić information content (AvgIpc) is 3.04. The lowest BCUT2D eigenvalue weighted by atomic mass is 9.84. The summed E-state index contributed by atoms with van der Waals surface area (Å²) in [6.45, 7) is 0. The van der Waals surface area contributed by atoms with Gasteiger partial charge >= 0.3 is 0 Å². The molecule has 0 aliphatic rings. The Bertz CT molecular complexity index is 2230. The third kappa shape index (κ3) is 3.31. The predicted molar refractivity (Wildman–Crippen MR) is 155 cm³/mol. The van der Waals surface area contributed by atoms with Gasteiger partial charge in [-0.25, -0.2) is 0 Å². The van der Waals surface area contributed by atoms with E-state index in [0.717, 1.165) is 43.8 Å². The molecule has 0 spiro atoms. The van der Waals surface area contributed by atoms with Crippen molar-refractivity contribution < 1.29 is 9.60 Å². The molecule has 0 N–H and O–H groups in total. The quantitative estimate of drug-likeness (QED) is 0.229. The molecule has 0 unspecified atom stereocenters. The van der Waals surface area contributed by atoms with Gasteiger partial charge in [-0.3, -0.25) is 0 Å². The SMILES string of the molecule is [2H]c1c([2H])c([2H])c2c(-c3ccc4c(-c5ccccc5)c5ccccc5c(-c5ccccc5)c4c3)c([2H])c([2H])c([2H])c2c1[2H]. The van der Waals surface area contributed by atoms with E-state index in [1.54, 1.807) is 0 Å². The van der Waals surface area contributed by atoms with Crippen molar-refractivity contribution in [3.8, 4) is 33.4 Å². The van der Waals surface area contributed by atoms with Gasteiger partial charge in [0.05, 0.1) is 9.60 Å². The van der Waals surface area contributed by atoms with Crippen LogP contribution in [0.3, 0.4) is 0 Å². The van der Waals surface area contributed by atoms with Gasteiger partial charge in [-0.1, -0.05) is 139 Å². The van der Waals surface area contributed by atoms with Crippen molar-refractivity contribution in [3.05, 3.63) is 145 Å². The highest BCUT2D eigenvalue weighted by Crippen LogP contribution is 2.45. The molecule has 0 saturated heterocycles. The van der Waals surface area contributed by atoms with E-state index in [-0.39, 0.29) is 46.5 Å². The molecule has 0 fully saturated rings. The predicted octanol–water partition coefficient (Wildman–Crippen LogP) is 10.1. The molecule has 0 heteroatoms. The maximum atomic E-state index is 8.92. The van der Waals surface area contributed by atoms with E-state index in [1.807, 2.05) is 66.7 Å². The molecule has 0 radical (unpaired) electrons. The molecule has 0 amide bonds. The van der Waals surface area contributed by atoms with Gasteiger partial charge in [-0.2, -0.15) is 0 Å². The van der Waals surface area contributed by atoms with Crippen LogP contribution in [0.25, 0.3) is 65.7 Å². The maximum absolute atomic E-state index is 8.92. The summed E-state index contributed by atoms with van der Waals surface area (Å²) in [5.74, 6) is 0. The summed E-state index contributed by atoms with van der Waals surface area (Å²) in [6.07, 6.45) is 0. The first-order chi connectivity index (χ1) is 20.8. The van der Waals surface area contributed by atoms with Crippen LogP contribution in [0.2, 0.25) is 0 Å². The molecule has 7 aromatic carbocycles. The highest BCUT2D eigenvalue weighted by atomic mass is 14.2. The van der Waals surface area contributed by atoms with Crippen LogP contribution in [0.4, 0.5) is 0 Å². The lowest BCUT2D eigenvalue weighted by Gasteiger charge is -2.19. The second kappa shape index (κ2) is 8.52. The molecule has 0 saturated carbocycles. The molecule has 0 aromatic heterocycles. The first-order valence-corrected chi connectivity index (χ1v) is 11.9. The Morgan fingerprint density at radius 3 is 1.64 bits per heavy atom. The van der Waals surface area contributed by atoms with Gasteiger partial charge in [0.25, 0.3) is 0 Å². The Morgan fingerprint density at radius 2 is 0.944 bits per heavy atom. The number of rotatable bonds is 3. The second-order valence-electron chi connectivity index (χ2n) is 8.79. The Labute approximate surface area is 220 Å². The van der Waals surface area contributed by atoms with Gasteiger partial charge in [-0.05, 0) is 71.8 Å². The lowest BCUT2D eigenvalue weighted by molar-refractivity contribution is 1.64. The van der Waals surface area contributed by atoms with Gasteiger partial charge in [-0.15, -0.1) is 0 Å². The van der Waals surface area contributed by atoms with Crippen molar-refractivity contribution in [2.75, 3.05) is 0 Å². The summed E-state index contributed by atoms with van der Waals surface area (Å²) in [5.41, 5.74) is 4.92. The molecular formula is C36H24. The van der Waals surface area contributed by atoms with E-state index in [4.69, 9.17) is 9.60 Å². The van der Waals surface area contributed by atoms with E-state index in [2.05, 4.69) is 36.4 Å². The summed E-state index contributed by atoms with van der Waals surface area (Å²) in [5, 5.41) is 4.10. The Hall–Kier alpha value is -4.68. The zero-order chi connectivity index (χ0) is 30.0. The third-order valence-electron chi connectivity index (χ3n) is 6.75. The van der Waals surface area contributed by atoms with Crippen molar-refractivity contribution in [1.29, 1.82) is 0 Å². The van der Waals surface area contributed by atoms with Gasteiger partial charge in [0, 0.05) is 0 Å². The van der Waals surface area contributed by atoms with E-state index in [9.17, 15) is 0 Å². The first-order valence-electron chi connectivity index (χ1n) is 15.4. The largest absolute Gasteiger partial charge is 0.0629 e. The van der Waals surface area contributed by atoms with Crippen LogP contribution in [-0.4, -0.2) is 0 Å². The monoisotopic (exact) mass is 463 g/mol. The molecule has 0 atom stereocenters. The van der Waals surface area contributed by atoms with E-state index < -0.39 is 12.1 Å². The van der Waals surface area contributed by atoms with Gasteiger partial charge < -0.3 is 0 Å². The van der Waals surface area contributed by atoms with E-state index in [1.165, 1.54) is 0 Å². The fourth-order valence-electron chi connectivity index (χ4n) is 5.19. The smallest absolute Gasteiger partial charge is 0.0622 e. The van der Waals surface area contributed by atoms with Crippen LogP contribution >= 0.6 is 0 Å². The summed E-state index contributed by atoms with van der Waals surface area (Å²) in [4.78, 5) is 0. The minimum atomic E-state index is -0.460. The topological polar surface area (TPSA) is 0 Å². The lowest BCUT2D eigenvalue weighted by Crippen LogP contribution is -1.91. The molecule has 7 aromatic rings. The molecule has 36 heavy (non-hydrogen) atoms. The first kappa shape index (κ1) is 14.7. The number of hydrogen-bond acceptors (Lipinski definition) is 0. The van der Waals surface area contributed by atoms with Crippen LogP contribution in [0.5, 0.6) is 0 Å². The number of fused-ring (bicyclic) bond motifs is 3.